The van der Waals surface area contributed by atoms with Gasteiger partial charge in [-0.15, -0.1) is 0 Å². The molecule has 1 heterocycles. The maximum atomic E-state index is 9.82. The molecule has 1 aliphatic rings. The summed E-state index contributed by atoms with van der Waals surface area (Å²) >= 11 is 0. The molecule has 5 atom stereocenters. The highest BCUT2D eigenvalue weighted by Gasteiger charge is 2.46. The fraction of sp³-hybridized carbons (Fsp3) is 1.00. The molecule has 0 radical (unpaired) electrons. The molecule has 1 rings (SSSR count). The summed E-state index contributed by atoms with van der Waals surface area (Å²) in [4.78, 5) is 1.46. The molecule has 5 N–H and O–H groups in total. The van der Waals surface area contributed by atoms with Gasteiger partial charge in [0.2, 0.25) is 0 Å². The molecule has 1 unspecified atom stereocenters. The van der Waals surface area contributed by atoms with Gasteiger partial charge >= 0.3 is 0 Å². The second-order valence-electron chi connectivity index (χ2n) is 4.58. The summed E-state index contributed by atoms with van der Waals surface area (Å²) in [6, 6.07) is -0.736. The first kappa shape index (κ1) is 14.8. The summed E-state index contributed by atoms with van der Waals surface area (Å²) in [5, 5.41) is 47.8. The van der Waals surface area contributed by atoms with E-state index in [0.717, 1.165) is 19.3 Å². The minimum atomic E-state index is -1.43. The van der Waals surface area contributed by atoms with Crippen molar-refractivity contribution in [2.24, 2.45) is 0 Å². The van der Waals surface area contributed by atoms with E-state index in [-0.39, 0.29) is 6.61 Å². The molecule has 1 fully saturated rings. The fourth-order valence-corrected chi connectivity index (χ4v) is 2.25. The highest BCUT2D eigenvalue weighted by Crippen LogP contribution is 2.23. The van der Waals surface area contributed by atoms with Gasteiger partial charge in [-0.2, -0.15) is 0 Å². The number of hydrogen-bond donors (Lipinski definition) is 5. The predicted octanol–water partition coefficient (Wildman–Crippen LogP) is -1.75. The van der Waals surface area contributed by atoms with E-state index < -0.39 is 30.6 Å². The topological polar surface area (TPSA) is 104 Å². The highest BCUT2D eigenvalue weighted by molar-refractivity contribution is 4.96. The van der Waals surface area contributed by atoms with Gasteiger partial charge in [0, 0.05) is 6.54 Å². The maximum Gasteiger partial charge on any atom is 0.136 e. The van der Waals surface area contributed by atoms with Crippen LogP contribution in [0.25, 0.3) is 0 Å². The van der Waals surface area contributed by atoms with Gasteiger partial charge in [-0.05, 0) is 6.42 Å². The Labute approximate surface area is 101 Å². The molecule has 6 heteroatoms. The van der Waals surface area contributed by atoms with Crippen molar-refractivity contribution in [2.45, 2.75) is 56.8 Å². The zero-order valence-corrected chi connectivity index (χ0v) is 10.1. The second kappa shape index (κ2) is 6.63. The molecule has 0 aromatic heterocycles. The van der Waals surface area contributed by atoms with Crippen LogP contribution in [0.3, 0.4) is 0 Å². The van der Waals surface area contributed by atoms with Crippen LogP contribution in [0.5, 0.6) is 0 Å². The van der Waals surface area contributed by atoms with Gasteiger partial charge in [-0.3, -0.25) is 4.90 Å². The zero-order valence-electron chi connectivity index (χ0n) is 10.1. The van der Waals surface area contributed by atoms with Crippen molar-refractivity contribution < 1.29 is 25.5 Å². The normalized spacial score (nSPS) is 39.5. The van der Waals surface area contributed by atoms with Crippen molar-refractivity contribution in [1.82, 2.24) is 4.90 Å². The average molecular weight is 249 g/mol. The largest absolute Gasteiger partial charge is 0.395 e. The summed E-state index contributed by atoms with van der Waals surface area (Å²) < 4.78 is 0. The lowest BCUT2D eigenvalue weighted by atomic mass is 9.92. The summed E-state index contributed by atoms with van der Waals surface area (Å²) in [6.07, 6.45) is -2.54. The summed E-state index contributed by atoms with van der Waals surface area (Å²) in [5.74, 6) is 0. The smallest absolute Gasteiger partial charge is 0.136 e. The third-order valence-corrected chi connectivity index (χ3v) is 3.37. The van der Waals surface area contributed by atoms with Gasteiger partial charge in [0.15, 0.2) is 0 Å². The minimum Gasteiger partial charge on any atom is -0.395 e. The molecule has 1 aliphatic heterocycles. The standard InChI is InChI=1S/C11H23NO5/c1-2-3-4-5-12-7(6-13)8(14)9(15)10(16)11(12)17/h7-11,13-17H,2-6H2,1H3/t7-,8-,9+,10-,11?/m1/s1. The van der Waals surface area contributed by atoms with Crippen LogP contribution in [-0.4, -0.2) is 74.2 Å². The van der Waals surface area contributed by atoms with E-state index in [9.17, 15) is 25.5 Å². The Hall–Kier alpha value is -0.240. The van der Waals surface area contributed by atoms with Crippen molar-refractivity contribution in [3.63, 3.8) is 0 Å². The van der Waals surface area contributed by atoms with E-state index in [4.69, 9.17) is 0 Å². The third kappa shape index (κ3) is 3.15. The Morgan fingerprint density at radius 3 is 2.12 bits per heavy atom. The van der Waals surface area contributed by atoms with Gasteiger partial charge in [-0.1, -0.05) is 19.8 Å². The van der Waals surface area contributed by atoms with Crippen molar-refractivity contribution >= 4 is 0 Å². The van der Waals surface area contributed by atoms with Gasteiger partial charge in [0.05, 0.1) is 12.6 Å². The van der Waals surface area contributed by atoms with Crippen LogP contribution in [0.4, 0.5) is 0 Å². The van der Waals surface area contributed by atoms with Crippen molar-refractivity contribution in [1.29, 1.82) is 0 Å². The first-order valence-electron chi connectivity index (χ1n) is 6.13. The molecule has 102 valence electrons. The van der Waals surface area contributed by atoms with Gasteiger partial charge in [0.1, 0.15) is 24.5 Å². The summed E-state index contributed by atoms with van der Waals surface area (Å²) in [5.41, 5.74) is 0. The van der Waals surface area contributed by atoms with Crippen LogP contribution in [0.2, 0.25) is 0 Å². The third-order valence-electron chi connectivity index (χ3n) is 3.37. The Balaban J connectivity index is 2.68. The van der Waals surface area contributed by atoms with Crippen LogP contribution < -0.4 is 0 Å². The molecule has 0 spiro atoms. The van der Waals surface area contributed by atoms with Crippen LogP contribution in [0.15, 0.2) is 0 Å². The van der Waals surface area contributed by atoms with E-state index in [1.807, 2.05) is 6.92 Å². The maximum absolute atomic E-state index is 9.82. The van der Waals surface area contributed by atoms with E-state index in [1.54, 1.807) is 0 Å². The molecular weight excluding hydrogens is 226 g/mol. The lowest BCUT2D eigenvalue weighted by Crippen LogP contribution is -2.67. The SMILES string of the molecule is CCCCCN1C(O)[C@H](O)[C@@H](O)[C@H](O)[C@H]1CO. The fourth-order valence-electron chi connectivity index (χ4n) is 2.25. The monoisotopic (exact) mass is 249 g/mol. The number of piperidine rings is 1. The van der Waals surface area contributed by atoms with E-state index >= 15 is 0 Å². The summed E-state index contributed by atoms with van der Waals surface area (Å²) in [7, 11) is 0. The van der Waals surface area contributed by atoms with Crippen LogP contribution in [0.1, 0.15) is 26.2 Å². The van der Waals surface area contributed by atoms with Gasteiger partial charge in [0.25, 0.3) is 0 Å². The number of likely N-dealkylation sites (tertiary alicyclic amines) is 1. The predicted molar refractivity (Wildman–Crippen MR) is 61.1 cm³/mol. The molecule has 1 saturated heterocycles. The molecule has 0 aromatic rings. The lowest BCUT2D eigenvalue weighted by molar-refractivity contribution is -0.222. The number of unbranched alkanes of at least 4 members (excludes halogenated alkanes) is 2. The number of nitrogens with zero attached hydrogens (tertiary/aromatic N) is 1. The Bertz CT molecular complexity index is 228. The molecule has 0 aliphatic carbocycles. The second-order valence-corrected chi connectivity index (χ2v) is 4.58. The van der Waals surface area contributed by atoms with Crippen LogP contribution in [-0.2, 0) is 0 Å². The Morgan fingerprint density at radius 2 is 1.59 bits per heavy atom. The Morgan fingerprint density at radius 1 is 0.941 bits per heavy atom. The number of aliphatic hydroxyl groups excluding tert-OH is 5. The lowest BCUT2D eigenvalue weighted by Gasteiger charge is -2.46. The molecule has 0 bridgehead atoms. The van der Waals surface area contributed by atoms with Crippen molar-refractivity contribution in [3.05, 3.63) is 0 Å². The average Bonchev–Trinajstić information content (AvgIpc) is 2.33. The molecule has 6 nitrogen and oxygen atoms in total. The molecular formula is C11H23NO5. The van der Waals surface area contributed by atoms with Gasteiger partial charge in [-0.25, -0.2) is 0 Å². The molecule has 17 heavy (non-hydrogen) atoms. The number of rotatable bonds is 5. The van der Waals surface area contributed by atoms with E-state index in [2.05, 4.69) is 0 Å². The molecule has 0 aromatic carbocycles. The molecule has 0 saturated carbocycles. The van der Waals surface area contributed by atoms with Crippen LogP contribution >= 0.6 is 0 Å². The van der Waals surface area contributed by atoms with E-state index in [0.29, 0.717) is 6.54 Å². The van der Waals surface area contributed by atoms with Crippen molar-refractivity contribution in [2.75, 3.05) is 13.2 Å². The van der Waals surface area contributed by atoms with Crippen LogP contribution in [0, 0.1) is 0 Å². The first-order valence-corrected chi connectivity index (χ1v) is 6.13. The van der Waals surface area contributed by atoms with E-state index in [1.165, 1.54) is 4.90 Å². The molecule has 0 amide bonds. The number of hydrogen-bond acceptors (Lipinski definition) is 6. The first-order chi connectivity index (χ1) is 8.04. The Kier molecular flexibility index (Phi) is 5.78. The quantitative estimate of drug-likeness (QED) is 0.370. The number of aliphatic hydroxyl groups is 5. The summed E-state index contributed by atoms with van der Waals surface area (Å²) in [6.45, 7) is 2.15. The highest BCUT2D eigenvalue weighted by atomic mass is 16.4. The zero-order chi connectivity index (χ0) is 13.0. The van der Waals surface area contributed by atoms with Crippen molar-refractivity contribution in [3.8, 4) is 0 Å². The van der Waals surface area contributed by atoms with Gasteiger partial charge < -0.3 is 25.5 Å². The minimum absolute atomic E-state index is 0.367.